The van der Waals surface area contributed by atoms with Crippen LogP contribution in [-0.2, 0) is 6.61 Å². The molecule has 1 N–H and O–H groups in total. The van der Waals surface area contributed by atoms with E-state index in [0.717, 1.165) is 10.5 Å². The van der Waals surface area contributed by atoms with Gasteiger partial charge in [-0.15, -0.1) is 0 Å². The summed E-state index contributed by atoms with van der Waals surface area (Å²) in [6.45, 7) is -0.0280. The van der Waals surface area contributed by atoms with Crippen molar-refractivity contribution in [1.29, 1.82) is 0 Å². The van der Waals surface area contributed by atoms with E-state index in [9.17, 15) is 0 Å². The minimum absolute atomic E-state index is 0.0280. The fourth-order valence-corrected chi connectivity index (χ4v) is 3.30. The molecule has 20 heavy (non-hydrogen) atoms. The lowest BCUT2D eigenvalue weighted by Crippen LogP contribution is -1.84. The lowest BCUT2D eigenvalue weighted by molar-refractivity contribution is 0.282. The van der Waals surface area contributed by atoms with E-state index >= 15 is 0 Å². The predicted molar refractivity (Wildman–Crippen MR) is 85.4 cm³/mol. The summed E-state index contributed by atoms with van der Waals surface area (Å²) >= 11 is 7.79. The van der Waals surface area contributed by atoms with Crippen LogP contribution in [0, 0.1) is 0 Å². The molecule has 0 saturated heterocycles. The minimum Gasteiger partial charge on any atom is -0.392 e. The van der Waals surface area contributed by atoms with Crippen molar-refractivity contribution in [1.82, 2.24) is 0 Å². The van der Waals surface area contributed by atoms with Gasteiger partial charge in [0.2, 0.25) is 0 Å². The average Bonchev–Trinajstić information content (AvgIpc) is 2.47. The highest BCUT2D eigenvalue weighted by atomic mass is 35.5. The molecule has 1 nitrogen and oxygen atoms in total. The van der Waals surface area contributed by atoms with E-state index in [0.29, 0.717) is 5.02 Å². The highest BCUT2D eigenvalue weighted by Crippen LogP contribution is 2.32. The second-order valence-electron chi connectivity index (χ2n) is 4.52. The minimum atomic E-state index is -0.0280. The Bertz CT molecular complexity index is 755. The number of rotatable bonds is 3. The van der Waals surface area contributed by atoms with Crippen molar-refractivity contribution >= 4 is 34.1 Å². The zero-order chi connectivity index (χ0) is 13.9. The van der Waals surface area contributed by atoms with Crippen LogP contribution >= 0.6 is 23.4 Å². The van der Waals surface area contributed by atoms with Crippen molar-refractivity contribution in [2.24, 2.45) is 0 Å². The lowest BCUT2D eigenvalue weighted by Gasteiger charge is -2.06. The van der Waals surface area contributed by atoms with Crippen LogP contribution in [0.2, 0.25) is 5.02 Å². The number of fused-ring (bicyclic) bond motifs is 1. The van der Waals surface area contributed by atoms with Crippen LogP contribution in [0.3, 0.4) is 0 Å². The Morgan fingerprint density at radius 3 is 2.30 bits per heavy atom. The maximum absolute atomic E-state index is 9.13. The van der Waals surface area contributed by atoms with Crippen LogP contribution in [-0.4, -0.2) is 5.11 Å². The summed E-state index contributed by atoms with van der Waals surface area (Å²) in [4.78, 5) is 2.25. The molecule has 0 fully saturated rings. The molecule has 100 valence electrons. The van der Waals surface area contributed by atoms with E-state index in [2.05, 4.69) is 30.3 Å². The first-order valence-electron chi connectivity index (χ1n) is 6.32. The van der Waals surface area contributed by atoms with Crippen LogP contribution < -0.4 is 0 Å². The fourth-order valence-electron chi connectivity index (χ4n) is 2.09. The van der Waals surface area contributed by atoms with E-state index in [1.807, 2.05) is 30.3 Å². The molecule has 0 aliphatic carbocycles. The topological polar surface area (TPSA) is 20.2 Å². The van der Waals surface area contributed by atoms with Crippen molar-refractivity contribution in [2.45, 2.75) is 16.4 Å². The fraction of sp³-hybridized carbons (Fsp3) is 0.0588. The molecule has 0 atom stereocenters. The number of aliphatic hydroxyl groups is 1. The maximum atomic E-state index is 9.13. The van der Waals surface area contributed by atoms with Crippen molar-refractivity contribution in [2.75, 3.05) is 0 Å². The van der Waals surface area contributed by atoms with Gasteiger partial charge in [0.05, 0.1) is 6.61 Å². The lowest BCUT2D eigenvalue weighted by atomic mass is 10.1. The van der Waals surface area contributed by atoms with Crippen LogP contribution in [0.1, 0.15) is 5.56 Å². The number of benzene rings is 3. The standard InChI is InChI=1S/C17H13ClOS/c18-17-10-16(8-6-14(17)11-19)20-15-7-5-12-3-1-2-4-13(12)9-15/h1-10,19H,11H2. The average molecular weight is 301 g/mol. The summed E-state index contributed by atoms with van der Waals surface area (Å²) in [5.41, 5.74) is 0.759. The Hall–Kier alpha value is -1.48. The van der Waals surface area contributed by atoms with E-state index in [-0.39, 0.29) is 6.61 Å². The normalized spacial score (nSPS) is 10.9. The van der Waals surface area contributed by atoms with Gasteiger partial charge in [0.1, 0.15) is 0 Å². The number of hydrogen-bond acceptors (Lipinski definition) is 2. The Morgan fingerprint density at radius 2 is 1.55 bits per heavy atom. The number of halogens is 1. The molecular weight excluding hydrogens is 288 g/mol. The molecule has 0 heterocycles. The van der Waals surface area contributed by atoms with Gasteiger partial charge in [-0.25, -0.2) is 0 Å². The maximum Gasteiger partial charge on any atom is 0.0696 e. The first-order valence-corrected chi connectivity index (χ1v) is 7.51. The van der Waals surface area contributed by atoms with Crippen molar-refractivity contribution in [3.8, 4) is 0 Å². The Labute approximate surface area is 127 Å². The Balaban J connectivity index is 1.90. The molecule has 0 saturated carbocycles. The molecule has 0 aromatic heterocycles. The molecule has 0 spiro atoms. The van der Waals surface area contributed by atoms with Gasteiger partial charge in [-0.05, 0) is 40.6 Å². The zero-order valence-corrected chi connectivity index (χ0v) is 12.3. The van der Waals surface area contributed by atoms with Crippen LogP contribution in [0.5, 0.6) is 0 Å². The van der Waals surface area contributed by atoms with Crippen molar-refractivity contribution in [3.63, 3.8) is 0 Å². The Morgan fingerprint density at radius 1 is 0.850 bits per heavy atom. The first kappa shape index (κ1) is 13.5. The van der Waals surface area contributed by atoms with Gasteiger partial charge < -0.3 is 5.11 Å². The van der Waals surface area contributed by atoms with Crippen molar-refractivity contribution < 1.29 is 5.11 Å². The van der Waals surface area contributed by atoms with Gasteiger partial charge >= 0.3 is 0 Å². The monoisotopic (exact) mass is 300 g/mol. The first-order chi connectivity index (χ1) is 9.76. The van der Waals surface area contributed by atoms with Gasteiger partial charge in [0, 0.05) is 14.8 Å². The van der Waals surface area contributed by atoms with Gasteiger partial charge in [-0.1, -0.05) is 59.8 Å². The second-order valence-corrected chi connectivity index (χ2v) is 6.08. The predicted octanol–water partition coefficient (Wildman–Crippen LogP) is 5.14. The molecule has 0 radical (unpaired) electrons. The van der Waals surface area contributed by atoms with Crippen LogP contribution in [0.15, 0.2) is 70.5 Å². The number of aliphatic hydroxyl groups excluding tert-OH is 1. The largest absolute Gasteiger partial charge is 0.392 e. The van der Waals surface area contributed by atoms with E-state index < -0.39 is 0 Å². The summed E-state index contributed by atoms with van der Waals surface area (Å²) in [6, 6.07) is 20.5. The van der Waals surface area contributed by atoms with E-state index in [4.69, 9.17) is 16.7 Å². The second kappa shape index (κ2) is 5.88. The number of hydrogen-bond donors (Lipinski definition) is 1. The Kier molecular flexibility index (Phi) is 3.97. The molecule has 0 aliphatic rings. The SMILES string of the molecule is OCc1ccc(Sc2ccc3ccccc3c2)cc1Cl. The van der Waals surface area contributed by atoms with E-state index in [1.165, 1.54) is 15.7 Å². The summed E-state index contributed by atoms with van der Waals surface area (Å²) in [7, 11) is 0. The third-order valence-electron chi connectivity index (χ3n) is 3.15. The highest BCUT2D eigenvalue weighted by molar-refractivity contribution is 7.99. The van der Waals surface area contributed by atoms with Crippen LogP contribution in [0.4, 0.5) is 0 Å². The third kappa shape index (κ3) is 2.83. The van der Waals surface area contributed by atoms with Crippen molar-refractivity contribution in [3.05, 3.63) is 71.2 Å². The molecule has 0 unspecified atom stereocenters. The summed E-state index contributed by atoms with van der Waals surface area (Å²) in [5, 5.41) is 12.2. The van der Waals surface area contributed by atoms with Crippen LogP contribution in [0.25, 0.3) is 10.8 Å². The molecular formula is C17H13ClOS. The molecule has 0 bridgehead atoms. The summed E-state index contributed by atoms with van der Waals surface area (Å²) < 4.78 is 0. The van der Waals surface area contributed by atoms with Gasteiger partial charge in [0.25, 0.3) is 0 Å². The summed E-state index contributed by atoms with van der Waals surface area (Å²) in [6.07, 6.45) is 0. The molecule has 3 aromatic carbocycles. The molecule has 0 aliphatic heterocycles. The van der Waals surface area contributed by atoms with Gasteiger partial charge in [-0.3, -0.25) is 0 Å². The van der Waals surface area contributed by atoms with Gasteiger partial charge in [0.15, 0.2) is 0 Å². The molecule has 3 heteroatoms. The molecule has 3 rings (SSSR count). The smallest absolute Gasteiger partial charge is 0.0696 e. The quantitative estimate of drug-likeness (QED) is 0.723. The molecule has 3 aromatic rings. The molecule has 0 amide bonds. The van der Waals surface area contributed by atoms with E-state index in [1.54, 1.807) is 11.8 Å². The summed E-state index contributed by atoms with van der Waals surface area (Å²) in [5.74, 6) is 0. The third-order valence-corrected chi connectivity index (χ3v) is 4.48. The zero-order valence-electron chi connectivity index (χ0n) is 10.7. The highest BCUT2D eigenvalue weighted by Gasteiger charge is 2.03. The van der Waals surface area contributed by atoms with Gasteiger partial charge in [-0.2, -0.15) is 0 Å².